The molecular weight excluding hydrogens is 418 g/mol. The molecule has 1 aliphatic rings. The van der Waals surface area contributed by atoms with Gasteiger partial charge in [0.15, 0.2) is 15.8 Å². The van der Waals surface area contributed by atoms with E-state index in [0.717, 1.165) is 17.5 Å². The average molecular weight is 436 g/mol. The monoisotopic (exact) mass is 435 g/mol. The van der Waals surface area contributed by atoms with Crippen molar-refractivity contribution < 1.29 is 22.1 Å². The highest BCUT2D eigenvalue weighted by Crippen LogP contribution is 2.38. The molecule has 28 heavy (non-hydrogen) atoms. The first-order chi connectivity index (χ1) is 13.2. The Morgan fingerprint density at radius 3 is 2.50 bits per heavy atom. The van der Waals surface area contributed by atoms with Gasteiger partial charge < -0.3 is 8.92 Å². The molecule has 0 radical (unpaired) electrons. The number of thiocarbonyl (C=S) groups is 1. The molecule has 0 aliphatic carbocycles. The van der Waals surface area contributed by atoms with Crippen molar-refractivity contribution in [3.63, 3.8) is 0 Å². The maximum atomic E-state index is 12.9. The first-order valence-corrected chi connectivity index (χ1v) is 11.1. The Bertz CT molecular complexity index is 1090. The Labute approximate surface area is 173 Å². The van der Waals surface area contributed by atoms with Crippen molar-refractivity contribution in [2.75, 3.05) is 18.3 Å². The van der Waals surface area contributed by atoms with E-state index >= 15 is 0 Å². The molecular formula is C19H17NO5S3. The van der Waals surface area contributed by atoms with Gasteiger partial charge in [0.2, 0.25) is 0 Å². The van der Waals surface area contributed by atoms with E-state index in [1.807, 2.05) is 31.2 Å². The van der Waals surface area contributed by atoms with Gasteiger partial charge in [0.1, 0.15) is 0 Å². The number of anilines is 1. The molecule has 3 rings (SSSR count). The van der Waals surface area contributed by atoms with Crippen LogP contribution in [0.3, 0.4) is 0 Å². The van der Waals surface area contributed by atoms with Crippen LogP contribution in [0.2, 0.25) is 0 Å². The number of amides is 1. The number of benzene rings is 2. The Balaban J connectivity index is 1.93. The smallest absolute Gasteiger partial charge is 0.306 e. The molecule has 0 spiro atoms. The number of carbonyl (C=O) groups excluding carboxylic acids is 1. The van der Waals surface area contributed by atoms with Crippen molar-refractivity contribution >= 4 is 56.1 Å². The summed E-state index contributed by atoms with van der Waals surface area (Å²) in [5, 5.41) is 0. The molecule has 146 valence electrons. The second-order valence-corrected chi connectivity index (χ2v) is 9.25. The topological polar surface area (TPSA) is 72.9 Å². The minimum absolute atomic E-state index is 0.0783. The molecule has 1 aliphatic heterocycles. The lowest BCUT2D eigenvalue weighted by atomic mass is 10.1. The number of carbonyl (C=O) groups is 1. The van der Waals surface area contributed by atoms with E-state index in [-0.39, 0.29) is 17.4 Å². The van der Waals surface area contributed by atoms with Crippen molar-refractivity contribution in [1.82, 2.24) is 0 Å². The zero-order chi connectivity index (χ0) is 20.5. The predicted octanol–water partition coefficient (Wildman–Crippen LogP) is 3.75. The molecule has 6 nitrogen and oxygen atoms in total. The van der Waals surface area contributed by atoms with Crippen LogP contribution in [0.25, 0.3) is 6.08 Å². The third-order valence-corrected chi connectivity index (χ3v) is 5.66. The summed E-state index contributed by atoms with van der Waals surface area (Å²) in [5.41, 5.74) is 2.36. The minimum atomic E-state index is -3.68. The Kier molecular flexibility index (Phi) is 5.78. The van der Waals surface area contributed by atoms with Gasteiger partial charge in [-0.15, -0.1) is 0 Å². The van der Waals surface area contributed by atoms with Gasteiger partial charge >= 0.3 is 10.1 Å². The molecule has 1 fully saturated rings. The fraction of sp³-hybridized carbons (Fsp3) is 0.158. The lowest BCUT2D eigenvalue weighted by Crippen LogP contribution is -2.28. The van der Waals surface area contributed by atoms with Crippen LogP contribution in [0, 0.1) is 6.92 Å². The summed E-state index contributed by atoms with van der Waals surface area (Å²) in [6.07, 6.45) is 2.64. The van der Waals surface area contributed by atoms with Gasteiger partial charge in [-0.2, -0.15) is 8.42 Å². The Morgan fingerprint density at radius 2 is 1.86 bits per heavy atom. The van der Waals surface area contributed by atoms with Crippen LogP contribution in [-0.2, 0) is 14.9 Å². The summed E-state index contributed by atoms with van der Waals surface area (Å²) in [6.45, 7) is 1.92. The highest BCUT2D eigenvalue weighted by Gasteiger charge is 2.34. The summed E-state index contributed by atoms with van der Waals surface area (Å²) in [6, 6.07) is 12.2. The van der Waals surface area contributed by atoms with Crippen molar-refractivity contribution in [2.45, 2.75) is 6.92 Å². The summed E-state index contributed by atoms with van der Waals surface area (Å²) in [7, 11) is -2.27. The number of aryl methyl sites for hydroxylation is 1. The summed E-state index contributed by atoms with van der Waals surface area (Å²) >= 11 is 6.61. The van der Waals surface area contributed by atoms with E-state index in [1.54, 1.807) is 18.2 Å². The number of methoxy groups -OCH3 is 1. The summed E-state index contributed by atoms with van der Waals surface area (Å²) in [4.78, 5) is 14.9. The lowest BCUT2D eigenvalue weighted by Gasteiger charge is -2.16. The number of nitrogens with zero attached hydrogens (tertiary/aromatic N) is 1. The van der Waals surface area contributed by atoms with Crippen LogP contribution in [0.1, 0.15) is 11.1 Å². The molecule has 1 amide bonds. The maximum absolute atomic E-state index is 12.9. The molecule has 2 aromatic carbocycles. The molecule has 0 bridgehead atoms. The molecule has 9 heteroatoms. The van der Waals surface area contributed by atoms with Crippen LogP contribution in [0.15, 0.2) is 47.4 Å². The van der Waals surface area contributed by atoms with Crippen molar-refractivity contribution in [1.29, 1.82) is 0 Å². The number of hydrogen-bond acceptors (Lipinski definition) is 7. The number of thioether (sulfide) groups is 1. The highest BCUT2D eigenvalue weighted by molar-refractivity contribution is 8.27. The quantitative estimate of drug-likeness (QED) is 0.402. The zero-order valence-electron chi connectivity index (χ0n) is 15.3. The largest absolute Gasteiger partial charge is 0.493 e. The molecule has 1 heterocycles. The minimum Gasteiger partial charge on any atom is -0.493 e. The summed E-state index contributed by atoms with van der Waals surface area (Å²) in [5.74, 6) is 0.114. The van der Waals surface area contributed by atoms with Gasteiger partial charge in [-0.25, -0.2) is 0 Å². The fourth-order valence-corrected chi connectivity index (χ4v) is 4.40. The predicted molar refractivity (Wildman–Crippen MR) is 115 cm³/mol. The van der Waals surface area contributed by atoms with Gasteiger partial charge in [0.25, 0.3) is 5.91 Å². The molecule has 0 aromatic heterocycles. The maximum Gasteiger partial charge on any atom is 0.306 e. The van der Waals surface area contributed by atoms with Crippen LogP contribution >= 0.6 is 24.0 Å². The van der Waals surface area contributed by atoms with Crippen LogP contribution in [0.4, 0.5) is 5.69 Å². The van der Waals surface area contributed by atoms with E-state index in [4.69, 9.17) is 21.1 Å². The SMILES string of the molecule is COc1cc(C=C2SC(=S)N(c3ccccc3C)C2=O)ccc1OS(C)(=O)=O. The van der Waals surface area contributed by atoms with E-state index in [1.165, 1.54) is 29.8 Å². The van der Waals surface area contributed by atoms with Gasteiger partial charge in [-0.3, -0.25) is 9.69 Å². The summed E-state index contributed by atoms with van der Waals surface area (Å²) < 4.78 is 33.3. The number of rotatable bonds is 5. The molecule has 0 atom stereocenters. The molecule has 2 aromatic rings. The van der Waals surface area contributed by atoms with E-state index in [9.17, 15) is 13.2 Å². The van der Waals surface area contributed by atoms with Gasteiger partial charge in [-0.1, -0.05) is 48.2 Å². The van der Waals surface area contributed by atoms with Crippen LogP contribution in [0.5, 0.6) is 11.5 Å². The zero-order valence-corrected chi connectivity index (χ0v) is 17.8. The van der Waals surface area contributed by atoms with Crippen molar-refractivity contribution in [3.05, 3.63) is 58.5 Å². The molecule has 0 saturated carbocycles. The second-order valence-electron chi connectivity index (χ2n) is 6.00. The van der Waals surface area contributed by atoms with Crippen LogP contribution < -0.4 is 13.8 Å². The molecule has 0 N–H and O–H groups in total. The normalized spacial score (nSPS) is 16.0. The Hall–Kier alpha value is -2.36. The lowest BCUT2D eigenvalue weighted by molar-refractivity contribution is -0.113. The van der Waals surface area contributed by atoms with Crippen molar-refractivity contribution in [3.8, 4) is 11.5 Å². The first-order valence-electron chi connectivity index (χ1n) is 8.10. The third kappa shape index (κ3) is 4.37. The standard InChI is InChI=1S/C19H17NO5S3/c1-12-6-4-5-7-14(12)20-18(21)17(27-19(20)26)11-13-8-9-15(16(10-13)24-2)25-28(3,22)23/h4-11H,1-3H3. The number of ether oxygens (including phenoxy) is 1. The van der Waals surface area contributed by atoms with Gasteiger partial charge in [-0.05, 0) is 42.3 Å². The van der Waals surface area contributed by atoms with Crippen LogP contribution in [-0.4, -0.2) is 32.0 Å². The van der Waals surface area contributed by atoms with E-state index < -0.39 is 10.1 Å². The highest BCUT2D eigenvalue weighted by atomic mass is 32.2. The molecule has 1 saturated heterocycles. The average Bonchev–Trinajstić information content (AvgIpc) is 2.89. The van der Waals surface area contributed by atoms with Gasteiger partial charge in [0, 0.05) is 0 Å². The van der Waals surface area contributed by atoms with E-state index in [2.05, 4.69) is 0 Å². The second kappa shape index (κ2) is 7.94. The first kappa shape index (κ1) is 20.4. The van der Waals surface area contributed by atoms with Crippen molar-refractivity contribution in [2.24, 2.45) is 0 Å². The molecule has 0 unspecified atom stereocenters. The fourth-order valence-electron chi connectivity index (χ4n) is 2.65. The third-order valence-electron chi connectivity index (χ3n) is 3.88. The van der Waals surface area contributed by atoms with Gasteiger partial charge in [0.05, 0.1) is 24.0 Å². The number of para-hydroxylation sites is 1. The Morgan fingerprint density at radius 1 is 1.14 bits per heavy atom. The van der Waals surface area contributed by atoms with E-state index in [0.29, 0.717) is 14.8 Å². The number of hydrogen-bond donors (Lipinski definition) is 0.